The number of rotatable bonds is 5. The topological polar surface area (TPSA) is 40.5 Å². The number of halogens is 1. The third-order valence-corrected chi connectivity index (χ3v) is 4.36. The van der Waals surface area contributed by atoms with Gasteiger partial charge in [0.1, 0.15) is 0 Å². The normalized spacial score (nSPS) is 10.6. The first-order chi connectivity index (χ1) is 9.65. The van der Waals surface area contributed by atoms with Gasteiger partial charge in [-0.3, -0.25) is 4.79 Å². The molecule has 1 heterocycles. The highest BCUT2D eigenvalue weighted by Crippen LogP contribution is 2.29. The average Bonchev–Trinajstić information content (AvgIpc) is 2.94. The summed E-state index contributed by atoms with van der Waals surface area (Å²) in [5.74, 6) is -0.0354. The van der Waals surface area contributed by atoms with E-state index in [4.69, 9.17) is 16.7 Å². The lowest BCUT2D eigenvalue weighted by Gasteiger charge is -2.18. The molecule has 20 heavy (non-hydrogen) atoms. The van der Waals surface area contributed by atoms with Crippen LogP contribution >= 0.6 is 22.9 Å². The molecule has 0 unspecified atom stereocenters. The predicted molar refractivity (Wildman–Crippen MR) is 83.4 cm³/mol. The molecule has 0 saturated heterocycles. The fraction of sp³-hybridized carbons (Fsp3) is 0.267. The summed E-state index contributed by atoms with van der Waals surface area (Å²) in [6.07, 6.45) is 0. The molecule has 0 bridgehead atoms. The molecule has 1 N–H and O–H groups in total. The molecule has 2 rings (SSSR count). The monoisotopic (exact) mass is 309 g/mol. The molecule has 0 aliphatic carbocycles. The Balaban J connectivity index is 2.20. The lowest BCUT2D eigenvalue weighted by atomic mass is 10.2. The van der Waals surface area contributed by atoms with E-state index in [0.29, 0.717) is 23.0 Å². The Labute approximate surface area is 127 Å². The standard InChI is InChI=1S/C15H16ClNO2S/c1-2-17(9-10-18)15(19)14-8-7-13(20-14)11-3-5-12(16)6-4-11/h3-8,18H,2,9-10H2,1H3. The largest absolute Gasteiger partial charge is 0.395 e. The van der Waals surface area contributed by atoms with E-state index in [1.807, 2.05) is 43.3 Å². The van der Waals surface area contributed by atoms with Crippen molar-refractivity contribution in [3.05, 3.63) is 46.3 Å². The van der Waals surface area contributed by atoms with Crippen molar-refractivity contribution >= 4 is 28.8 Å². The minimum atomic E-state index is -0.0354. The van der Waals surface area contributed by atoms with Gasteiger partial charge in [0, 0.05) is 23.0 Å². The van der Waals surface area contributed by atoms with Crippen molar-refractivity contribution in [2.45, 2.75) is 6.92 Å². The van der Waals surface area contributed by atoms with Crippen molar-refractivity contribution in [3.8, 4) is 10.4 Å². The molecule has 0 radical (unpaired) electrons. The van der Waals surface area contributed by atoms with Crippen LogP contribution in [0.5, 0.6) is 0 Å². The van der Waals surface area contributed by atoms with E-state index in [0.717, 1.165) is 10.4 Å². The zero-order valence-electron chi connectivity index (χ0n) is 11.2. The number of nitrogens with zero attached hydrogens (tertiary/aromatic N) is 1. The maximum atomic E-state index is 12.3. The van der Waals surface area contributed by atoms with Crippen LogP contribution in [-0.2, 0) is 0 Å². The van der Waals surface area contributed by atoms with Crippen molar-refractivity contribution < 1.29 is 9.90 Å². The van der Waals surface area contributed by atoms with Gasteiger partial charge in [-0.2, -0.15) is 0 Å². The summed E-state index contributed by atoms with van der Waals surface area (Å²) in [7, 11) is 0. The Bertz CT molecular complexity index is 580. The van der Waals surface area contributed by atoms with Crippen molar-refractivity contribution in [3.63, 3.8) is 0 Å². The van der Waals surface area contributed by atoms with Gasteiger partial charge in [-0.15, -0.1) is 11.3 Å². The summed E-state index contributed by atoms with van der Waals surface area (Å²) >= 11 is 7.32. The molecule has 1 amide bonds. The third kappa shape index (κ3) is 3.39. The Kier molecular flexibility index (Phi) is 5.17. The van der Waals surface area contributed by atoms with Crippen LogP contribution < -0.4 is 0 Å². The van der Waals surface area contributed by atoms with Crippen LogP contribution in [0.3, 0.4) is 0 Å². The highest BCUT2D eigenvalue weighted by Gasteiger charge is 2.16. The summed E-state index contributed by atoms with van der Waals surface area (Å²) in [5, 5.41) is 9.67. The molecule has 3 nitrogen and oxygen atoms in total. The quantitative estimate of drug-likeness (QED) is 0.918. The maximum absolute atomic E-state index is 12.3. The average molecular weight is 310 g/mol. The van der Waals surface area contributed by atoms with E-state index < -0.39 is 0 Å². The number of aliphatic hydroxyl groups is 1. The molecule has 0 spiro atoms. The summed E-state index contributed by atoms with van der Waals surface area (Å²) < 4.78 is 0. The minimum Gasteiger partial charge on any atom is -0.395 e. The van der Waals surface area contributed by atoms with E-state index >= 15 is 0 Å². The van der Waals surface area contributed by atoms with Gasteiger partial charge in [0.2, 0.25) is 0 Å². The first-order valence-electron chi connectivity index (χ1n) is 6.41. The van der Waals surface area contributed by atoms with E-state index in [2.05, 4.69) is 0 Å². The van der Waals surface area contributed by atoms with Gasteiger partial charge in [0.05, 0.1) is 11.5 Å². The molecule has 0 aliphatic rings. The highest BCUT2D eigenvalue weighted by atomic mass is 35.5. The van der Waals surface area contributed by atoms with Gasteiger partial charge < -0.3 is 10.0 Å². The van der Waals surface area contributed by atoms with Crippen molar-refractivity contribution in [1.29, 1.82) is 0 Å². The SMILES string of the molecule is CCN(CCO)C(=O)c1ccc(-c2ccc(Cl)cc2)s1. The number of likely N-dealkylation sites (N-methyl/N-ethyl adjacent to an activating group) is 1. The predicted octanol–water partition coefficient (Wildman–Crippen LogP) is 3.52. The number of benzene rings is 1. The van der Waals surface area contributed by atoms with Gasteiger partial charge in [-0.1, -0.05) is 23.7 Å². The molecule has 2 aromatic rings. The second-order valence-corrected chi connectivity index (χ2v) is 5.80. The van der Waals surface area contributed by atoms with E-state index in [9.17, 15) is 4.79 Å². The van der Waals surface area contributed by atoms with Crippen molar-refractivity contribution in [1.82, 2.24) is 4.90 Å². The van der Waals surface area contributed by atoms with Gasteiger partial charge in [-0.25, -0.2) is 0 Å². The van der Waals surface area contributed by atoms with Gasteiger partial charge in [0.25, 0.3) is 5.91 Å². The van der Waals surface area contributed by atoms with Crippen molar-refractivity contribution in [2.75, 3.05) is 19.7 Å². The summed E-state index contributed by atoms with van der Waals surface area (Å²) in [6.45, 7) is 2.84. The van der Waals surface area contributed by atoms with Crippen LogP contribution in [-0.4, -0.2) is 35.6 Å². The van der Waals surface area contributed by atoms with E-state index in [-0.39, 0.29) is 12.5 Å². The Morgan fingerprint density at radius 1 is 1.25 bits per heavy atom. The van der Waals surface area contributed by atoms with E-state index in [1.54, 1.807) is 4.90 Å². The van der Waals surface area contributed by atoms with Crippen molar-refractivity contribution in [2.24, 2.45) is 0 Å². The zero-order chi connectivity index (χ0) is 14.5. The van der Waals surface area contributed by atoms with Crippen LogP contribution in [0.4, 0.5) is 0 Å². The molecule has 1 aromatic heterocycles. The summed E-state index contributed by atoms with van der Waals surface area (Å²) in [6, 6.07) is 11.3. The fourth-order valence-electron chi connectivity index (χ4n) is 1.90. The number of hydrogen-bond acceptors (Lipinski definition) is 3. The first-order valence-corrected chi connectivity index (χ1v) is 7.61. The second kappa shape index (κ2) is 6.88. The zero-order valence-corrected chi connectivity index (χ0v) is 12.7. The molecule has 0 aliphatic heterocycles. The molecule has 106 valence electrons. The number of carbonyl (C=O) groups excluding carboxylic acids is 1. The molecule has 5 heteroatoms. The minimum absolute atomic E-state index is 0.0189. The van der Waals surface area contributed by atoms with Gasteiger partial charge in [-0.05, 0) is 36.8 Å². The van der Waals surface area contributed by atoms with Gasteiger partial charge in [0.15, 0.2) is 0 Å². The number of aliphatic hydroxyl groups excluding tert-OH is 1. The smallest absolute Gasteiger partial charge is 0.264 e. The molecular weight excluding hydrogens is 294 g/mol. The molecule has 0 fully saturated rings. The van der Waals surface area contributed by atoms with Crippen LogP contribution in [0.25, 0.3) is 10.4 Å². The fourth-order valence-corrected chi connectivity index (χ4v) is 3.01. The Morgan fingerprint density at radius 3 is 2.55 bits per heavy atom. The molecule has 0 atom stereocenters. The Hall–Kier alpha value is -1.36. The maximum Gasteiger partial charge on any atom is 0.264 e. The molecular formula is C15H16ClNO2S. The van der Waals surface area contributed by atoms with Crippen LogP contribution in [0.1, 0.15) is 16.6 Å². The number of thiophene rings is 1. The highest BCUT2D eigenvalue weighted by molar-refractivity contribution is 7.17. The van der Waals surface area contributed by atoms with Crippen LogP contribution in [0.2, 0.25) is 5.02 Å². The van der Waals surface area contributed by atoms with E-state index in [1.165, 1.54) is 11.3 Å². The summed E-state index contributed by atoms with van der Waals surface area (Å²) in [4.78, 5) is 15.6. The summed E-state index contributed by atoms with van der Waals surface area (Å²) in [5.41, 5.74) is 1.05. The number of hydrogen-bond donors (Lipinski definition) is 1. The van der Waals surface area contributed by atoms with Crippen LogP contribution in [0.15, 0.2) is 36.4 Å². The lowest BCUT2D eigenvalue weighted by molar-refractivity contribution is 0.0737. The lowest BCUT2D eigenvalue weighted by Crippen LogP contribution is -2.32. The molecule has 0 saturated carbocycles. The second-order valence-electron chi connectivity index (χ2n) is 4.28. The first kappa shape index (κ1) is 15.0. The number of amides is 1. The Morgan fingerprint density at radius 2 is 1.95 bits per heavy atom. The van der Waals surface area contributed by atoms with Gasteiger partial charge >= 0.3 is 0 Å². The molecule has 1 aromatic carbocycles. The third-order valence-electron chi connectivity index (χ3n) is 2.98. The van der Waals surface area contributed by atoms with Crippen LogP contribution in [0, 0.1) is 0 Å². The number of carbonyl (C=O) groups is 1.